The van der Waals surface area contributed by atoms with Crippen LogP contribution < -0.4 is 5.73 Å². The Bertz CT molecular complexity index is 1330. The number of aldehydes is 1. The Morgan fingerprint density at radius 3 is 2.49 bits per heavy atom. The maximum atomic E-state index is 13.8. The molecule has 0 aliphatic heterocycles. The van der Waals surface area contributed by atoms with Gasteiger partial charge in [-0.25, -0.2) is 4.79 Å². The van der Waals surface area contributed by atoms with Gasteiger partial charge in [-0.2, -0.15) is 0 Å². The summed E-state index contributed by atoms with van der Waals surface area (Å²) in [7, 11) is 0. The van der Waals surface area contributed by atoms with Gasteiger partial charge < -0.3 is 25.5 Å². The van der Waals surface area contributed by atoms with Gasteiger partial charge in [0.1, 0.15) is 12.0 Å². The first kappa shape index (κ1) is 28.0. The SMILES string of the molecule is CCCCOC(=O)C=Cc1ccc(O)c2c1[C@H](C)[C@@H]1C(C2=O)C(=O)[C@]2(O)C(=O)C(C(N)=O)C(=O)C[C@@H]2[C@H]1C=O. The molecule has 1 aromatic rings. The van der Waals surface area contributed by atoms with Crippen LogP contribution in [0.25, 0.3) is 6.08 Å². The molecule has 0 radical (unpaired) electrons. The zero-order valence-electron chi connectivity index (χ0n) is 21.4. The fraction of sp³-hybridized carbons (Fsp3) is 0.464. The highest BCUT2D eigenvalue weighted by Crippen LogP contribution is 2.56. The van der Waals surface area contributed by atoms with Crippen LogP contribution in [-0.4, -0.2) is 63.7 Å². The Balaban J connectivity index is 1.83. The molecule has 3 aliphatic rings. The molecule has 1 amide bonds. The molecule has 0 spiro atoms. The van der Waals surface area contributed by atoms with E-state index in [0.29, 0.717) is 18.3 Å². The van der Waals surface area contributed by atoms with Crippen LogP contribution in [0.5, 0.6) is 5.75 Å². The van der Waals surface area contributed by atoms with Crippen LogP contribution in [0.2, 0.25) is 0 Å². The summed E-state index contributed by atoms with van der Waals surface area (Å²) in [4.78, 5) is 89.7. The number of unbranched alkanes of at least 4 members (excludes halogenated alkanes) is 1. The quantitative estimate of drug-likeness (QED) is 0.146. The summed E-state index contributed by atoms with van der Waals surface area (Å²) >= 11 is 0. The van der Waals surface area contributed by atoms with Crippen molar-refractivity contribution in [2.45, 2.75) is 44.6 Å². The number of hydrogen-bond donors (Lipinski definition) is 3. The molecule has 11 nitrogen and oxygen atoms in total. The summed E-state index contributed by atoms with van der Waals surface area (Å²) in [5.74, 6) is -15.4. The van der Waals surface area contributed by atoms with E-state index in [-0.39, 0.29) is 17.7 Å². The first-order valence-electron chi connectivity index (χ1n) is 12.7. The number of phenols is 1. The van der Waals surface area contributed by atoms with E-state index in [1.165, 1.54) is 18.2 Å². The molecule has 11 heteroatoms. The number of aromatic hydroxyl groups is 1. The molecule has 2 fully saturated rings. The molecular formula is C28H29NO10. The lowest BCUT2D eigenvalue weighted by Crippen LogP contribution is -2.71. The minimum Gasteiger partial charge on any atom is -0.507 e. The van der Waals surface area contributed by atoms with E-state index >= 15 is 0 Å². The number of nitrogens with two attached hydrogens (primary N) is 1. The van der Waals surface area contributed by atoms with Gasteiger partial charge in [0.05, 0.1) is 18.1 Å². The Hall–Kier alpha value is -3.99. The van der Waals surface area contributed by atoms with Crippen molar-refractivity contribution in [1.29, 1.82) is 0 Å². The van der Waals surface area contributed by atoms with E-state index in [0.717, 1.165) is 12.5 Å². The van der Waals surface area contributed by atoms with E-state index in [4.69, 9.17) is 10.5 Å². The standard InChI is InChI=1S/C28H29NO10/c1-3-4-9-39-18(33)8-6-13-5-7-16(31)21-19(13)12(2)20-14(11-30)15-10-17(32)22(27(29)37)25(35)28(15,38)26(36)23(20)24(21)34/h5-8,11-12,14-15,20,22-23,31,38H,3-4,9-10H2,1-2H3,(H2,29,37)/t12-,14+,15+,20-,22?,23?,28+/m0/s1. The van der Waals surface area contributed by atoms with Crippen molar-refractivity contribution in [1.82, 2.24) is 0 Å². The predicted octanol–water partition coefficient (Wildman–Crippen LogP) is 0.669. The smallest absolute Gasteiger partial charge is 0.330 e. The number of Topliss-reactive ketones (excluding diaryl/α,β-unsaturated/α-hetero) is 4. The molecule has 39 heavy (non-hydrogen) atoms. The predicted molar refractivity (Wildman–Crippen MR) is 133 cm³/mol. The number of rotatable bonds is 7. The topological polar surface area (TPSA) is 195 Å². The Kier molecular flexibility index (Phi) is 7.40. The van der Waals surface area contributed by atoms with E-state index in [1.54, 1.807) is 6.92 Å². The highest BCUT2D eigenvalue weighted by molar-refractivity contribution is 6.31. The number of ether oxygens (including phenoxy) is 1. The number of esters is 1. The summed E-state index contributed by atoms with van der Waals surface area (Å²) in [6.07, 6.45) is 3.84. The maximum Gasteiger partial charge on any atom is 0.330 e. The average Bonchev–Trinajstić information content (AvgIpc) is 2.88. The van der Waals surface area contributed by atoms with Crippen molar-refractivity contribution in [2.75, 3.05) is 6.61 Å². The summed E-state index contributed by atoms with van der Waals surface area (Å²) in [6.45, 7) is 3.79. The molecule has 0 heterocycles. The van der Waals surface area contributed by atoms with Crippen LogP contribution in [0.1, 0.15) is 60.5 Å². The van der Waals surface area contributed by atoms with Crippen molar-refractivity contribution < 1.29 is 48.5 Å². The van der Waals surface area contributed by atoms with Crippen molar-refractivity contribution in [3.63, 3.8) is 0 Å². The van der Waals surface area contributed by atoms with Gasteiger partial charge in [0.2, 0.25) is 5.91 Å². The Morgan fingerprint density at radius 1 is 1.18 bits per heavy atom. The molecule has 0 aromatic heterocycles. The van der Waals surface area contributed by atoms with Gasteiger partial charge in [-0.1, -0.05) is 26.3 Å². The molecule has 3 aliphatic carbocycles. The number of carbonyl (C=O) groups is 7. The van der Waals surface area contributed by atoms with E-state index in [2.05, 4.69) is 0 Å². The maximum absolute atomic E-state index is 13.8. The Labute approximate surface area is 223 Å². The lowest BCUT2D eigenvalue weighted by atomic mass is 9.48. The Morgan fingerprint density at radius 2 is 1.87 bits per heavy atom. The number of carbonyl (C=O) groups excluding carboxylic acids is 7. The van der Waals surface area contributed by atoms with E-state index in [9.17, 15) is 43.8 Å². The summed E-state index contributed by atoms with van der Waals surface area (Å²) in [6, 6.07) is 2.68. The first-order chi connectivity index (χ1) is 18.4. The van der Waals surface area contributed by atoms with Crippen molar-refractivity contribution in [2.24, 2.45) is 35.3 Å². The van der Waals surface area contributed by atoms with Crippen LogP contribution in [0, 0.1) is 29.6 Å². The molecule has 2 saturated carbocycles. The lowest BCUT2D eigenvalue weighted by Gasteiger charge is -2.53. The van der Waals surface area contributed by atoms with Gasteiger partial charge in [0, 0.05) is 24.3 Å². The fourth-order valence-electron chi connectivity index (χ4n) is 6.43. The third-order valence-electron chi connectivity index (χ3n) is 8.27. The fourth-order valence-corrected chi connectivity index (χ4v) is 6.43. The minimum absolute atomic E-state index is 0.230. The van der Waals surface area contributed by atoms with Gasteiger partial charge in [-0.15, -0.1) is 0 Å². The third kappa shape index (κ3) is 4.21. The molecule has 0 bridgehead atoms. The molecular weight excluding hydrogens is 510 g/mol. The second-order valence-electron chi connectivity index (χ2n) is 10.3. The molecule has 0 saturated heterocycles. The van der Waals surface area contributed by atoms with Crippen LogP contribution in [0.4, 0.5) is 0 Å². The average molecular weight is 540 g/mol. The number of aliphatic hydroxyl groups is 1. The van der Waals surface area contributed by atoms with Crippen molar-refractivity contribution >= 4 is 47.4 Å². The van der Waals surface area contributed by atoms with Crippen molar-refractivity contribution in [3.05, 3.63) is 34.9 Å². The van der Waals surface area contributed by atoms with Gasteiger partial charge in [0.15, 0.2) is 34.7 Å². The second kappa shape index (κ2) is 10.3. The lowest BCUT2D eigenvalue weighted by molar-refractivity contribution is -0.181. The first-order valence-corrected chi connectivity index (χ1v) is 12.7. The molecule has 4 N–H and O–H groups in total. The third-order valence-corrected chi connectivity index (χ3v) is 8.27. The van der Waals surface area contributed by atoms with Gasteiger partial charge in [-0.3, -0.25) is 24.0 Å². The molecule has 206 valence electrons. The summed E-state index contributed by atoms with van der Waals surface area (Å²) in [5.41, 5.74) is 2.63. The summed E-state index contributed by atoms with van der Waals surface area (Å²) < 4.78 is 5.11. The van der Waals surface area contributed by atoms with Gasteiger partial charge in [-0.05, 0) is 41.5 Å². The number of ketones is 4. The van der Waals surface area contributed by atoms with Crippen LogP contribution in [-0.2, 0) is 33.5 Å². The number of hydrogen-bond acceptors (Lipinski definition) is 10. The second-order valence-corrected chi connectivity index (χ2v) is 10.3. The highest BCUT2D eigenvalue weighted by Gasteiger charge is 2.70. The largest absolute Gasteiger partial charge is 0.507 e. The minimum atomic E-state index is -2.96. The van der Waals surface area contributed by atoms with Crippen LogP contribution in [0.3, 0.4) is 0 Å². The number of phenolic OH excluding ortho intramolecular Hbond substituents is 1. The zero-order chi connectivity index (χ0) is 28.8. The molecule has 7 atom stereocenters. The number of amides is 1. The monoisotopic (exact) mass is 539 g/mol. The highest BCUT2D eigenvalue weighted by atomic mass is 16.5. The molecule has 1 aromatic carbocycles. The van der Waals surface area contributed by atoms with E-state index in [1.807, 2.05) is 6.92 Å². The number of fused-ring (bicyclic) bond motifs is 3. The van der Waals surface area contributed by atoms with Gasteiger partial charge in [0.25, 0.3) is 0 Å². The van der Waals surface area contributed by atoms with E-state index < -0.39 is 88.3 Å². The zero-order valence-corrected chi connectivity index (χ0v) is 21.4. The number of primary amides is 1. The number of benzene rings is 1. The summed E-state index contributed by atoms with van der Waals surface area (Å²) in [5, 5.41) is 22.1. The van der Waals surface area contributed by atoms with Crippen LogP contribution >= 0.6 is 0 Å². The normalized spacial score (nSPS) is 31.9. The molecule has 4 rings (SSSR count). The van der Waals surface area contributed by atoms with Crippen molar-refractivity contribution in [3.8, 4) is 5.75 Å². The van der Waals surface area contributed by atoms with Gasteiger partial charge >= 0.3 is 5.97 Å². The molecule has 2 unspecified atom stereocenters. The van der Waals surface area contributed by atoms with Crippen LogP contribution in [0.15, 0.2) is 18.2 Å².